The zero-order valence-corrected chi connectivity index (χ0v) is 13.3. The molecule has 0 aliphatic heterocycles. The SMILES string of the molecule is CN(CC(=O)NC1CC1)c1ccc(Br)cc1/C=C/C(=O)O. The minimum absolute atomic E-state index is 0.0175. The highest BCUT2D eigenvalue weighted by molar-refractivity contribution is 9.10. The third-order valence-corrected chi connectivity index (χ3v) is 3.62. The maximum atomic E-state index is 11.8. The van der Waals surface area contributed by atoms with Gasteiger partial charge in [0, 0.05) is 29.3 Å². The van der Waals surface area contributed by atoms with Crippen LogP contribution in [0.15, 0.2) is 28.7 Å². The van der Waals surface area contributed by atoms with Crippen molar-refractivity contribution in [3.63, 3.8) is 0 Å². The predicted octanol–water partition coefficient (Wildman–Crippen LogP) is 2.26. The van der Waals surface area contributed by atoms with Crippen LogP contribution < -0.4 is 10.2 Å². The van der Waals surface area contributed by atoms with Gasteiger partial charge in [-0.2, -0.15) is 0 Å². The first-order valence-corrected chi connectivity index (χ1v) is 7.46. The quantitative estimate of drug-likeness (QED) is 0.770. The number of halogens is 1. The van der Waals surface area contributed by atoms with Gasteiger partial charge in [0.2, 0.25) is 5.91 Å². The second kappa shape index (κ2) is 6.76. The number of hydrogen-bond donors (Lipinski definition) is 2. The van der Waals surface area contributed by atoms with Crippen molar-refractivity contribution in [3.8, 4) is 0 Å². The molecule has 1 aromatic carbocycles. The molecule has 0 spiro atoms. The van der Waals surface area contributed by atoms with Crippen molar-refractivity contribution in [2.75, 3.05) is 18.5 Å². The van der Waals surface area contributed by atoms with E-state index >= 15 is 0 Å². The summed E-state index contributed by atoms with van der Waals surface area (Å²) in [7, 11) is 1.81. The minimum Gasteiger partial charge on any atom is -0.478 e. The fourth-order valence-corrected chi connectivity index (χ4v) is 2.35. The van der Waals surface area contributed by atoms with Crippen LogP contribution in [0.2, 0.25) is 0 Å². The van der Waals surface area contributed by atoms with Crippen LogP contribution in [0.5, 0.6) is 0 Å². The number of anilines is 1. The second-order valence-electron chi connectivity index (χ2n) is 5.07. The molecule has 112 valence electrons. The molecule has 1 saturated carbocycles. The number of hydrogen-bond acceptors (Lipinski definition) is 3. The van der Waals surface area contributed by atoms with Crippen molar-refractivity contribution >= 4 is 39.6 Å². The van der Waals surface area contributed by atoms with Gasteiger partial charge in [-0.25, -0.2) is 4.79 Å². The first kappa shape index (κ1) is 15.6. The molecule has 0 bridgehead atoms. The molecule has 1 aliphatic rings. The summed E-state index contributed by atoms with van der Waals surface area (Å²) in [5, 5.41) is 11.7. The van der Waals surface area contributed by atoms with Crippen LogP contribution in [0.25, 0.3) is 6.08 Å². The number of carbonyl (C=O) groups is 2. The maximum absolute atomic E-state index is 11.8. The Morgan fingerprint density at radius 1 is 1.48 bits per heavy atom. The molecule has 21 heavy (non-hydrogen) atoms. The minimum atomic E-state index is -1.00. The molecule has 6 heteroatoms. The van der Waals surface area contributed by atoms with Crippen molar-refractivity contribution in [1.82, 2.24) is 5.32 Å². The van der Waals surface area contributed by atoms with E-state index in [0.29, 0.717) is 6.04 Å². The third kappa shape index (κ3) is 4.90. The summed E-state index contributed by atoms with van der Waals surface area (Å²) in [4.78, 5) is 24.3. The largest absolute Gasteiger partial charge is 0.478 e. The van der Waals surface area contributed by atoms with Gasteiger partial charge in [-0.05, 0) is 42.7 Å². The molecule has 0 aromatic heterocycles. The number of carboxylic acid groups (broad SMARTS) is 1. The Labute approximate surface area is 131 Å². The lowest BCUT2D eigenvalue weighted by atomic mass is 10.1. The molecule has 2 N–H and O–H groups in total. The van der Waals surface area contributed by atoms with E-state index in [4.69, 9.17) is 5.11 Å². The molecule has 1 fully saturated rings. The summed E-state index contributed by atoms with van der Waals surface area (Å²) in [5.41, 5.74) is 1.55. The average Bonchev–Trinajstić information content (AvgIpc) is 3.19. The highest BCUT2D eigenvalue weighted by atomic mass is 79.9. The van der Waals surface area contributed by atoms with E-state index in [0.717, 1.165) is 34.6 Å². The van der Waals surface area contributed by atoms with Gasteiger partial charge in [-0.1, -0.05) is 15.9 Å². The second-order valence-corrected chi connectivity index (χ2v) is 5.99. The van der Waals surface area contributed by atoms with E-state index in [1.807, 2.05) is 30.1 Å². The average molecular weight is 353 g/mol. The highest BCUT2D eigenvalue weighted by Gasteiger charge is 2.23. The van der Waals surface area contributed by atoms with Crippen molar-refractivity contribution in [1.29, 1.82) is 0 Å². The summed E-state index contributed by atoms with van der Waals surface area (Å²) >= 11 is 3.37. The van der Waals surface area contributed by atoms with Gasteiger partial charge < -0.3 is 15.3 Å². The molecule has 2 rings (SSSR count). The van der Waals surface area contributed by atoms with Crippen molar-refractivity contribution < 1.29 is 14.7 Å². The third-order valence-electron chi connectivity index (χ3n) is 3.13. The van der Waals surface area contributed by atoms with E-state index in [9.17, 15) is 9.59 Å². The molecule has 0 atom stereocenters. The molecule has 1 aromatic rings. The van der Waals surface area contributed by atoms with E-state index < -0.39 is 5.97 Å². The molecule has 1 aliphatic carbocycles. The van der Waals surface area contributed by atoms with Crippen LogP contribution in [0, 0.1) is 0 Å². The zero-order valence-electron chi connectivity index (χ0n) is 11.7. The first-order valence-electron chi connectivity index (χ1n) is 6.67. The lowest BCUT2D eigenvalue weighted by Gasteiger charge is -2.21. The molecule has 0 heterocycles. The molecular weight excluding hydrogens is 336 g/mol. The Kier molecular flexibility index (Phi) is 5.01. The Balaban J connectivity index is 2.12. The first-order chi connectivity index (χ1) is 9.95. The number of likely N-dealkylation sites (N-methyl/N-ethyl adjacent to an activating group) is 1. The lowest BCUT2D eigenvalue weighted by Crippen LogP contribution is -2.36. The smallest absolute Gasteiger partial charge is 0.328 e. The lowest BCUT2D eigenvalue weighted by molar-refractivity contribution is -0.131. The summed E-state index contributed by atoms with van der Waals surface area (Å²) in [6.07, 6.45) is 4.72. The Hall–Kier alpha value is -1.82. The standard InChI is InChI=1S/C15H17BrN2O3/c1-18(9-14(19)17-12-4-5-12)13-6-3-11(16)8-10(13)2-7-15(20)21/h2-3,6-8,12H,4-5,9H2,1H3,(H,17,19)(H,20,21)/b7-2+. The number of nitrogens with zero attached hydrogens (tertiary/aromatic N) is 1. The summed E-state index contributed by atoms with van der Waals surface area (Å²) in [5.74, 6) is -1.02. The van der Waals surface area contributed by atoms with Gasteiger partial charge in [0.05, 0.1) is 6.54 Å². The summed E-state index contributed by atoms with van der Waals surface area (Å²) < 4.78 is 0.854. The van der Waals surface area contributed by atoms with E-state index in [-0.39, 0.29) is 12.5 Å². The summed E-state index contributed by atoms with van der Waals surface area (Å²) in [6, 6.07) is 5.88. The van der Waals surface area contributed by atoms with Crippen LogP contribution in [0.3, 0.4) is 0 Å². The van der Waals surface area contributed by atoms with Gasteiger partial charge in [0.15, 0.2) is 0 Å². The van der Waals surface area contributed by atoms with Crippen LogP contribution >= 0.6 is 15.9 Å². The highest BCUT2D eigenvalue weighted by Crippen LogP contribution is 2.25. The Morgan fingerprint density at radius 2 is 2.19 bits per heavy atom. The topological polar surface area (TPSA) is 69.6 Å². The summed E-state index contributed by atoms with van der Waals surface area (Å²) in [6.45, 7) is 0.242. The molecule has 1 amide bonds. The molecule has 0 unspecified atom stereocenters. The number of rotatable bonds is 6. The number of aliphatic carboxylic acids is 1. The zero-order chi connectivity index (χ0) is 15.4. The Morgan fingerprint density at radius 3 is 2.81 bits per heavy atom. The van der Waals surface area contributed by atoms with Crippen LogP contribution in [0.1, 0.15) is 18.4 Å². The van der Waals surface area contributed by atoms with Gasteiger partial charge in [-0.3, -0.25) is 4.79 Å². The number of benzene rings is 1. The number of amides is 1. The van der Waals surface area contributed by atoms with Crippen molar-refractivity contribution in [3.05, 3.63) is 34.3 Å². The number of nitrogens with one attached hydrogen (secondary N) is 1. The van der Waals surface area contributed by atoms with Gasteiger partial charge in [-0.15, -0.1) is 0 Å². The van der Waals surface area contributed by atoms with Gasteiger partial charge in [0.25, 0.3) is 0 Å². The van der Waals surface area contributed by atoms with Crippen molar-refractivity contribution in [2.45, 2.75) is 18.9 Å². The molecule has 5 nitrogen and oxygen atoms in total. The van der Waals surface area contributed by atoms with E-state index in [1.165, 1.54) is 6.08 Å². The van der Waals surface area contributed by atoms with E-state index in [1.54, 1.807) is 0 Å². The van der Waals surface area contributed by atoms with Crippen LogP contribution in [-0.2, 0) is 9.59 Å². The molecular formula is C15H17BrN2O3. The number of carboxylic acids is 1. The van der Waals surface area contributed by atoms with Gasteiger partial charge >= 0.3 is 5.97 Å². The fraction of sp³-hybridized carbons (Fsp3) is 0.333. The molecule has 0 radical (unpaired) electrons. The normalized spacial score (nSPS) is 14.2. The molecule has 0 saturated heterocycles. The monoisotopic (exact) mass is 352 g/mol. The van der Waals surface area contributed by atoms with E-state index in [2.05, 4.69) is 21.2 Å². The van der Waals surface area contributed by atoms with Crippen LogP contribution in [0.4, 0.5) is 5.69 Å². The Bertz CT molecular complexity index is 582. The fourth-order valence-electron chi connectivity index (χ4n) is 1.97. The predicted molar refractivity (Wildman–Crippen MR) is 85.2 cm³/mol. The van der Waals surface area contributed by atoms with Crippen LogP contribution in [-0.4, -0.2) is 36.6 Å². The van der Waals surface area contributed by atoms with Crippen molar-refractivity contribution in [2.24, 2.45) is 0 Å². The maximum Gasteiger partial charge on any atom is 0.328 e. The number of carbonyl (C=O) groups excluding carboxylic acids is 1. The van der Waals surface area contributed by atoms with Gasteiger partial charge in [0.1, 0.15) is 0 Å².